The highest BCUT2D eigenvalue weighted by atomic mass is 16.7. The van der Waals surface area contributed by atoms with Crippen LogP contribution in [0.3, 0.4) is 0 Å². The van der Waals surface area contributed by atoms with Gasteiger partial charge in [-0.15, -0.1) is 0 Å². The van der Waals surface area contributed by atoms with Gasteiger partial charge in [0.25, 0.3) is 0 Å². The van der Waals surface area contributed by atoms with Crippen LogP contribution in [0.15, 0.2) is 0 Å². The number of carbonyl (C=O) groups is 4. The molecular formula is C22H35NO11. The Morgan fingerprint density at radius 2 is 1.62 bits per heavy atom. The topological polar surface area (TPSA) is 145 Å². The van der Waals surface area contributed by atoms with Gasteiger partial charge in [0.05, 0.1) is 12.7 Å². The molecular weight excluding hydrogens is 454 g/mol. The van der Waals surface area contributed by atoms with E-state index in [4.69, 9.17) is 33.2 Å². The van der Waals surface area contributed by atoms with E-state index in [-0.39, 0.29) is 19.3 Å². The van der Waals surface area contributed by atoms with Gasteiger partial charge in [-0.1, -0.05) is 0 Å². The minimum Gasteiger partial charge on any atom is -0.463 e. The Hall–Kier alpha value is -2.28. The molecule has 12 nitrogen and oxygen atoms in total. The molecule has 0 spiro atoms. The van der Waals surface area contributed by atoms with E-state index in [0.717, 1.165) is 0 Å². The van der Waals surface area contributed by atoms with E-state index >= 15 is 0 Å². The molecule has 2 aliphatic rings. The molecule has 2 aliphatic heterocycles. The smallest absolute Gasteiger partial charge is 0.303 e. The summed E-state index contributed by atoms with van der Waals surface area (Å²) in [6, 6.07) is -0.982. The summed E-state index contributed by atoms with van der Waals surface area (Å²) in [6.45, 7) is 8.98. The maximum atomic E-state index is 11.9. The van der Waals surface area contributed by atoms with Crippen molar-refractivity contribution in [2.75, 3.05) is 19.8 Å². The van der Waals surface area contributed by atoms with Crippen LogP contribution in [0.5, 0.6) is 0 Å². The maximum Gasteiger partial charge on any atom is 0.303 e. The summed E-state index contributed by atoms with van der Waals surface area (Å²) in [5.74, 6) is -2.95. The monoisotopic (exact) mass is 489 g/mol. The molecule has 1 N–H and O–H groups in total. The summed E-state index contributed by atoms with van der Waals surface area (Å²) < 4.78 is 39.0. The zero-order chi connectivity index (χ0) is 25.5. The molecule has 2 fully saturated rings. The van der Waals surface area contributed by atoms with Gasteiger partial charge in [0.1, 0.15) is 18.8 Å². The van der Waals surface area contributed by atoms with Crippen LogP contribution in [0.2, 0.25) is 0 Å². The van der Waals surface area contributed by atoms with Gasteiger partial charge in [0.2, 0.25) is 5.91 Å². The van der Waals surface area contributed by atoms with E-state index in [0.29, 0.717) is 19.4 Å². The van der Waals surface area contributed by atoms with Crippen molar-refractivity contribution in [1.29, 1.82) is 0 Å². The molecule has 12 heteroatoms. The first-order valence-electron chi connectivity index (χ1n) is 11.2. The second-order valence-electron chi connectivity index (χ2n) is 8.68. The lowest BCUT2D eigenvalue weighted by Crippen LogP contribution is -2.66. The minimum atomic E-state index is -1.15. The van der Waals surface area contributed by atoms with Crippen LogP contribution in [0.4, 0.5) is 0 Å². The minimum absolute atomic E-state index is 0.0733. The maximum absolute atomic E-state index is 11.9. The Bertz CT molecular complexity index is 740. The van der Waals surface area contributed by atoms with Crippen molar-refractivity contribution in [2.24, 2.45) is 0 Å². The van der Waals surface area contributed by atoms with Gasteiger partial charge < -0.3 is 38.5 Å². The fraction of sp³-hybridized carbons (Fsp3) is 0.818. The fourth-order valence-corrected chi connectivity index (χ4v) is 3.85. The van der Waals surface area contributed by atoms with Crippen LogP contribution in [0.25, 0.3) is 0 Å². The molecule has 6 atom stereocenters. The number of hydrogen-bond acceptors (Lipinski definition) is 11. The third-order valence-electron chi connectivity index (χ3n) is 5.09. The summed E-state index contributed by atoms with van der Waals surface area (Å²) in [5.41, 5.74) is 0. The van der Waals surface area contributed by atoms with Crippen LogP contribution < -0.4 is 5.32 Å². The van der Waals surface area contributed by atoms with Gasteiger partial charge in [-0.25, -0.2) is 0 Å². The lowest BCUT2D eigenvalue weighted by atomic mass is 9.96. The van der Waals surface area contributed by atoms with Crippen molar-refractivity contribution >= 4 is 23.8 Å². The molecule has 0 radical (unpaired) electrons. The van der Waals surface area contributed by atoms with Crippen LogP contribution in [0, 0.1) is 0 Å². The van der Waals surface area contributed by atoms with Crippen molar-refractivity contribution in [3.63, 3.8) is 0 Å². The molecule has 0 aliphatic carbocycles. The van der Waals surface area contributed by atoms with Gasteiger partial charge in [-0.05, 0) is 26.7 Å². The second-order valence-corrected chi connectivity index (χ2v) is 8.68. The van der Waals surface area contributed by atoms with E-state index in [1.807, 2.05) is 13.8 Å². The standard InChI is InChI=1S/C22H35NO11/c1-12(24)23-18-20(32-15(4)27)19(31-14(3)26)17(11-29-13(2)25)33-21(18)28-9-7-8-16-10-30-22(5,6)34-16/h16-21H,7-11H2,1-6H3,(H,23,24)/t16-,17+,18+,19+,20+,21+/m0/s1. The van der Waals surface area contributed by atoms with Crippen molar-refractivity contribution in [3.8, 4) is 0 Å². The molecule has 2 rings (SSSR count). The molecule has 0 aromatic rings. The molecule has 0 bridgehead atoms. The quantitative estimate of drug-likeness (QED) is 0.261. The number of hydrogen-bond donors (Lipinski definition) is 1. The number of nitrogens with one attached hydrogen (secondary N) is 1. The fourth-order valence-electron chi connectivity index (χ4n) is 3.85. The molecule has 1 amide bonds. The number of ether oxygens (including phenoxy) is 7. The van der Waals surface area contributed by atoms with E-state index in [2.05, 4.69) is 5.32 Å². The Balaban J connectivity index is 2.15. The number of amides is 1. The summed E-state index contributed by atoms with van der Waals surface area (Å²) >= 11 is 0. The molecule has 0 saturated carbocycles. The summed E-state index contributed by atoms with van der Waals surface area (Å²) in [6.07, 6.45) is -3.17. The summed E-state index contributed by atoms with van der Waals surface area (Å²) in [4.78, 5) is 46.9. The predicted molar refractivity (Wildman–Crippen MR) is 114 cm³/mol. The molecule has 194 valence electrons. The lowest BCUT2D eigenvalue weighted by molar-refractivity contribution is -0.278. The van der Waals surface area contributed by atoms with Crippen molar-refractivity contribution in [3.05, 3.63) is 0 Å². The second kappa shape index (κ2) is 12.4. The molecule has 0 unspecified atom stereocenters. The van der Waals surface area contributed by atoms with E-state index in [9.17, 15) is 19.2 Å². The number of rotatable bonds is 10. The Morgan fingerprint density at radius 1 is 0.971 bits per heavy atom. The Morgan fingerprint density at radius 3 is 2.15 bits per heavy atom. The Kier molecular flexibility index (Phi) is 10.2. The summed E-state index contributed by atoms with van der Waals surface area (Å²) in [5, 5.41) is 2.66. The first-order valence-corrected chi connectivity index (χ1v) is 11.2. The largest absolute Gasteiger partial charge is 0.463 e. The molecule has 2 heterocycles. The molecule has 2 saturated heterocycles. The van der Waals surface area contributed by atoms with E-state index in [1.165, 1.54) is 27.7 Å². The van der Waals surface area contributed by atoms with E-state index in [1.54, 1.807) is 0 Å². The lowest BCUT2D eigenvalue weighted by Gasteiger charge is -2.45. The zero-order valence-electron chi connectivity index (χ0n) is 20.5. The first-order chi connectivity index (χ1) is 15.9. The van der Waals surface area contributed by atoms with E-state index < -0.39 is 60.2 Å². The SMILES string of the molecule is CC(=O)N[C@H]1[C@H](OCCC[C@H]2COC(C)(C)O2)O[C@H](COC(C)=O)[C@@H](OC(C)=O)[C@@H]1OC(C)=O. The van der Waals surface area contributed by atoms with Crippen LogP contribution in [-0.4, -0.2) is 86.2 Å². The Labute approximate surface area is 198 Å². The molecule has 0 aromatic heterocycles. The van der Waals surface area contributed by atoms with Gasteiger partial charge in [0, 0.05) is 34.3 Å². The average Bonchev–Trinajstić information content (AvgIpc) is 3.05. The normalized spacial score (nSPS) is 30.3. The predicted octanol–water partition coefficient (Wildman–Crippen LogP) is 0.591. The van der Waals surface area contributed by atoms with Crippen molar-refractivity contribution < 1.29 is 52.3 Å². The highest BCUT2D eigenvalue weighted by Gasteiger charge is 2.51. The molecule has 0 aromatic carbocycles. The zero-order valence-corrected chi connectivity index (χ0v) is 20.5. The summed E-state index contributed by atoms with van der Waals surface area (Å²) in [7, 11) is 0. The third-order valence-corrected chi connectivity index (χ3v) is 5.09. The molecule has 34 heavy (non-hydrogen) atoms. The van der Waals surface area contributed by atoms with Gasteiger partial charge in [-0.3, -0.25) is 19.2 Å². The van der Waals surface area contributed by atoms with Crippen LogP contribution >= 0.6 is 0 Å². The highest BCUT2D eigenvalue weighted by molar-refractivity contribution is 5.73. The first kappa shape index (κ1) is 28.0. The highest BCUT2D eigenvalue weighted by Crippen LogP contribution is 2.29. The van der Waals surface area contributed by atoms with Gasteiger partial charge in [-0.2, -0.15) is 0 Å². The van der Waals surface area contributed by atoms with Crippen LogP contribution in [-0.2, 0) is 52.3 Å². The van der Waals surface area contributed by atoms with Crippen molar-refractivity contribution in [2.45, 2.75) is 96.9 Å². The number of esters is 3. The van der Waals surface area contributed by atoms with Crippen LogP contribution in [0.1, 0.15) is 54.4 Å². The number of carbonyl (C=O) groups excluding carboxylic acids is 4. The average molecular weight is 490 g/mol. The van der Waals surface area contributed by atoms with Gasteiger partial charge in [0.15, 0.2) is 24.3 Å². The van der Waals surface area contributed by atoms with Crippen molar-refractivity contribution in [1.82, 2.24) is 5.32 Å². The third kappa shape index (κ3) is 8.82. The van der Waals surface area contributed by atoms with Gasteiger partial charge >= 0.3 is 17.9 Å².